The van der Waals surface area contributed by atoms with E-state index in [0.29, 0.717) is 0 Å². The monoisotopic (exact) mass is 326 g/mol. The van der Waals surface area contributed by atoms with E-state index in [-0.39, 0.29) is 5.78 Å². The fourth-order valence-corrected chi connectivity index (χ4v) is 3.61. The van der Waals surface area contributed by atoms with Crippen molar-refractivity contribution in [2.75, 3.05) is 13.6 Å². The van der Waals surface area contributed by atoms with Gasteiger partial charge in [0.1, 0.15) is 0 Å². The number of carbonyl (C=O) groups is 1. The minimum atomic E-state index is 0.132. The molecule has 3 nitrogen and oxygen atoms in total. The van der Waals surface area contributed by atoms with Crippen LogP contribution < -0.4 is 5.32 Å². The summed E-state index contributed by atoms with van der Waals surface area (Å²) < 4.78 is 0.932. The van der Waals surface area contributed by atoms with Crippen molar-refractivity contribution in [3.05, 3.63) is 25.9 Å². The van der Waals surface area contributed by atoms with Gasteiger partial charge in [-0.15, -0.1) is 11.3 Å². The molecule has 0 aliphatic carbocycles. The van der Waals surface area contributed by atoms with Crippen molar-refractivity contribution in [3.63, 3.8) is 0 Å². The van der Waals surface area contributed by atoms with Crippen LogP contribution in [-0.2, 0) is 6.42 Å². The molecule has 1 aromatic rings. The first-order chi connectivity index (χ1) is 8.63. The Labute approximate surface area is 119 Å². The zero-order valence-corrected chi connectivity index (χ0v) is 12.8. The average molecular weight is 327 g/mol. The van der Waals surface area contributed by atoms with Crippen LogP contribution in [0.4, 0.5) is 0 Å². The highest BCUT2D eigenvalue weighted by Crippen LogP contribution is 2.33. The number of hydrogen-bond donors (Lipinski definition) is 1. The molecule has 0 atom stereocenters. The number of halogens is 1. The van der Waals surface area contributed by atoms with Crippen molar-refractivity contribution in [1.29, 1.82) is 0 Å². The molecule has 2 rings (SSSR count). The SMILES string of the molecule is CN=C/C(Br)=C1\NCCCc2sc(C(C)=O)cc21. The number of thiophene rings is 1. The number of nitrogens with one attached hydrogen (secondary N) is 1. The van der Waals surface area contributed by atoms with Crippen molar-refractivity contribution in [2.24, 2.45) is 4.99 Å². The topological polar surface area (TPSA) is 41.5 Å². The standard InChI is InChI=1S/C13H15BrN2OS/c1-8(17)12-6-9-11(18-12)4-3-5-16-13(9)10(14)7-15-2/h6-7,16H,3-5H2,1-2H3/b13-10+,15-7?. The average Bonchev–Trinajstić information content (AvgIpc) is 2.64. The molecule has 1 aliphatic heterocycles. The largest absolute Gasteiger partial charge is 0.384 e. The molecule has 0 amide bonds. The van der Waals surface area contributed by atoms with Crippen LogP contribution >= 0.6 is 27.3 Å². The molecule has 0 fully saturated rings. The van der Waals surface area contributed by atoms with Crippen molar-refractivity contribution in [1.82, 2.24) is 5.32 Å². The van der Waals surface area contributed by atoms with Gasteiger partial charge in [-0.25, -0.2) is 0 Å². The highest BCUT2D eigenvalue weighted by molar-refractivity contribution is 9.12. The molecule has 1 aliphatic rings. The van der Waals surface area contributed by atoms with Gasteiger partial charge in [-0.05, 0) is 41.8 Å². The van der Waals surface area contributed by atoms with Gasteiger partial charge in [-0.3, -0.25) is 9.79 Å². The number of rotatable bonds is 2. The van der Waals surface area contributed by atoms with E-state index in [4.69, 9.17) is 0 Å². The Morgan fingerprint density at radius 1 is 1.61 bits per heavy atom. The number of nitrogens with zero attached hydrogens (tertiary/aromatic N) is 1. The van der Waals surface area contributed by atoms with Gasteiger partial charge in [0.2, 0.25) is 0 Å². The Balaban J connectivity index is 2.53. The van der Waals surface area contributed by atoms with Crippen LogP contribution in [0.1, 0.15) is 33.5 Å². The summed E-state index contributed by atoms with van der Waals surface area (Å²) in [7, 11) is 1.74. The summed E-state index contributed by atoms with van der Waals surface area (Å²) in [5.41, 5.74) is 2.17. The summed E-state index contributed by atoms with van der Waals surface area (Å²) in [6.45, 7) is 2.56. The van der Waals surface area contributed by atoms with Crippen LogP contribution in [0, 0.1) is 0 Å². The van der Waals surface area contributed by atoms with Gasteiger partial charge in [0.25, 0.3) is 0 Å². The number of ketones is 1. The molecule has 1 N–H and O–H groups in total. The fourth-order valence-electron chi connectivity index (χ4n) is 1.95. The van der Waals surface area contributed by atoms with Gasteiger partial charge in [0.15, 0.2) is 5.78 Å². The number of fused-ring (bicyclic) bond motifs is 1. The molecule has 0 spiro atoms. The van der Waals surface area contributed by atoms with Gasteiger partial charge < -0.3 is 5.32 Å². The molecule has 18 heavy (non-hydrogen) atoms. The Bertz CT molecular complexity index is 531. The smallest absolute Gasteiger partial charge is 0.169 e. The molecule has 5 heteroatoms. The third-order valence-electron chi connectivity index (χ3n) is 2.79. The van der Waals surface area contributed by atoms with Crippen molar-refractivity contribution in [3.8, 4) is 0 Å². The van der Waals surface area contributed by atoms with Gasteiger partial charge in [-0.1, -0.05) is 0 Å². The zero-order valence-electron chi connectivity index (χ0n) is 10.4. The molecular formula is C13H15BrN2OS. The van der Waals surface area contributed by atoms with Crippen LogP contribution in [-0.4, -0.2) is 25.6 Å². The van der Waals surface area contributed by atoms with Crippen LogP contribution in [0.2, 0.25) is 0 Å². The lowest BCUT2D eigenvalue weighted by Crippen LogP contribution is -2.13. The third-order valence-corrected chi connectivity index (χ3v) is 4.69. The minimum Gasteiger partial charge on any atom is -0.384 e. The van der Waals surface area contributed by atoms with Gasteiger partial charge in [0, 0.05) is 30.2 Å². The van der Waals surface area contributed by atoms with E-state index in [1.165, 1.54) is 4.88 Å². The lowest BCUT2D eigenvalue weighted by molar-refractivity contribution is 0.102. The highest BCUT2D eigenvalue weighted by atomic mass is 79.9. The highest BCUT2D eigenvalue weighted by Gasteiger charge is 2.19. The first kappa shape index (κ1) is 13.5. The van der Waals surface area contributed by atoms with Crippen molar-refractivity contribution >= 4 is 45.0 Å². The predicted octanol–water partition coefficient (Wildman–Crippen LogP) is 3.25. The van der Waals surface area contributed by atoms with Crippen LogP contribution in [0.15, 0.2) is 15.5 Å². The van der Waals surface area contributed by atoms with Gasteiger partial charge >= 0.3 is 0 Å². The maximum atomic E-state index is 11.5. The van der Waals surface area contributed by atoms with E-state index < -0.39 is 0 Å². The molecule has 1 aromatic heterocycles. The van der Waals surface area contributed by atoms with E-state index in [1.807, 2.05) is 6.07 Å². The molecule has 0 radical (unpaired) electrons. The Hall–Kier alpha value is -0.940. The normalized spacial score (nSPS) is 18.2. The number of hydrogen-bond acceptors (Lipinski definition) is 4. The first-order valence-corrected chi connectivity index (χ1v) is 7.44. The summed E-state index contributed by atoms with van der Waals surface area (Å²) in [4.78, 5) is 17.6. The van der Waals surface area contributed by atoms with Crippen molar-refractivity contribution < 1.29 is 4.79 Å². The number of allylic oxidation sites excluding steroid dienone is 1. The van der Waals surface area contributed by atoms with Crippen molar-refractivity contribution in [2.45, 2.75) is 19.8 Å². The predicted molar refractivity (Wildman–Crippen MR) is 80.9 cm³/mol. The van der Waals surface area contributed by atoms with Crippen LogP contribution in [0.5, 0.6) is 0 Å². The first-order valence-electron chi connectivity index (χ1n) is 5.83. The molecule has 0 aromatic carbocycles. The second-order valence-corrected chi connectivity index (χ2v) is 6.14. The van der Waals surface area contributed by atoms with Gasteiger partial charge in [0.05, 0.1) is 15.1 Å². The molecule has 0 saturated carbocycles. The number of Topliss-reactive ketones (excluding diaryl/α,β-unsaturated/α-hetero) is 1. The van der Waals surface area contributed by atoms with E-state index in [1.54, 1.807) is 31.5 Å². The molecule has 0 bridgehead atoms. The summed E-state index contributed by atoms with van der Waals surface area (Å²) >= 11 is 5.14. The lowest BCUT2D eigenvalue weighted by Gasteiger charge is -2.08. The summed E-state index contributed by atoms with van der Waals surface area (Å²) in [5.74, 6) is 0.132. The molecule has 0 saturated heterocycles. The van der Waals surface area contributed by atoms with Gasteiger partial charge in [-0.2, -0.15) is 0 Å². The summed E-state index contributed by atoms with van der Waals surface area (Å²) in [5, 5.41) is 3.41. The third kappa shape index (κ3) is 2.72. The zero-order chi connectivity index (χ0) is 13.1. The maximum absolute atomic E-state index is 11.5. The van der Waals surface area contributed by atoms with E-state index in [9.17, 15) is 4.79 Å². The number of aryl methyl sites for hydroxylation is 1. The van der Waals surface area contributed by atoms with Crippen LogP contribution in [0.25, 0.3) is 5.70 Å². The molecule has 0 unspecified atom stereocenters. The van der Waals surface area contributed by atoms with E-state index >= 15 is 0 Å². The Morgan fingerprint density at radius 3 is 3.06 bits per heavy atom. The lowest BCUT2D eigenvalue weighted by atomic mass is 10.1. The second kappa shape index (κ2) is 5.80. The van der Waals surface area contributed by atoms with E-state index in [0.717, 1.165) is 40.0 Å². The number of carbonyl (C=O) groups excluding carboxylic acids is 1. The Morgan fingerprint density at radius 2 is 2.39 bits per heavy atom. The second-order valence-electron chi connectivity index (χ2n) is 4.14. The molecular weight excluding hydrogens is 312 g/mol. The van der Waals surface area contributed by atoms with Crippen LogP contribution in [0.3, 0.4) is 0 Å². The molecule has 2 heterocycles. The number of aliphatic imine (C=N–C) groups is 1. The summed E-state index contributed by atoms with van der Waals surface area (Å²) in [6, 6.07) is 1.99. The minimum absolute atomic E-state index is 0.132. The fraction of sp³-hybridized carbons (Fsp3) is 0.385. The quantitative estimate of drug-likeness (QED) is 0.669. The maximum Gasteiger partial charge on any atom is 0.169 e. The Kier molecular flexibility index (Phi) is 4.35. The van der Waals surface area contributed by atoms with E-state index in [2.05, 4.69) is 26.2 Å². The molecule has 96 valence electrons. The summed E-state index contributed by atoms with van der Waals surface area (Å²) in [6.07, 6.45) is 3.88.